The summed E-state index contributed by atoms with van der Waals surface area (Å²) in [4.78, 5) is 43.7. The van der Waals surface area contributed by atoms with Crippen LogP contribution < -0.4 is 10.4 Å². The summed E-state index contributed by atoms with van der Waals surface area (Å²) in [6.45, 7) is 7.96. The van der Waals surface area contributed by atoms with Crippen LogP contribution in [0.25, 0.3) is 0 Å². The number of carbonyl (C=O) groups is 3. The number of carbonyl (C=O) groups excluding carboxylic acids is 3. The van der Waals surface area contributed by atoms with Crippen molar-refractivity contribution in [1.82, 2.24) is 15.2 Å². The van der Waals surface area contributed by atoms with Crippen molar-refractivity contribution in [3.8, 4) is 0 Å². The van der Waals surface area contributed by atoms with Gasteiger partial charge in [0.15, 0.2) is 0 Å². The van der Waals surface area contributed by atoms with E-state index in [0.717, 1.165) is 25.2 Å². The molecule has 2 aromatic rings. The Kier molecular flexibility index (Phi) is 7.98. The standard InChI is InChI=1S/C28H34N4O3/c1-3-30(4-2)17-18-31(20-21-11-6-5-7-12-21)27(34)22-13-10-14-23(19-22)32-28(35)25-16-9-8-15-24(25)26(33)29-32/h5-14,19,24-25H,3-4,15-18,20H2,1-2H3,(H,29,33). The van der Waals surface area contributed by atoms with E-state index in [9.17, 15) is 14.4 Å². The highest BCUT2D eigenvalue weighted by atomic mass is 16.2. The minimum atomic E-state index is -0.364. The second-order valence-corrected chi connectivity index (χ2v) is 9.10. The van der Waals surface area contributed by atoms with Crippen LogP contribution in [-0.4, -0.2) is 53.7 Å². The van der Waals surface area contributed by atoms with Crippen LogP contribution in [0.3, 0.4) is 0 Å². The Morgan fingerprint density at radius 1 is 0.943 bits per heavy atom. The second kappa shape index (κ2) is 11.3. The summed E-state index contributed by atoms with van der Waals surface area (Å²) in [5.41, 5.74) is 4.81. The Morgan fingerprint density at radius 3 is 2.37 bits per heavy atom. The Labute approximate surface area is 207 Å². The Morgan fingerprint density at radius 2 is 1.66 bits per heavy atom. The third-order valence-electron chi connectivity index (χ3n) is 6.96. The van der Waals surface area contributed by atoms with Crippen molar-refractivity contribution in [2.75, 3.05) is 31.2 Å². The summed E-state index contributed by atoms with van der Waals surface area (Å²) in [6, 6.07) is 16.9. The lowest BCUT2D eigenvalue weighted by Crippen LogP contribution is -2.59. The predicted molar refractivity (Wildman–Crippen MR) is 136 cm³/mol. The zero-order valence-electron chi connectivity index (χ0n) is 20.5. The number of anilines is 1. The molecule has 2 atom stereocenters. The smallest absolute Gasteiger partial charge is 0.254 e. The minimum absolute atomic E-state index is 0.0999. The molecule has 35 heavy (non-hydrogen) atoms. The van der Waals surface area contributed by atoms with Crippen molar-refractivity contribution < 1.29 is 14.4 Å². The number of nitrogens with zero attached hydrogens (tertiary/aromatic N) is 3. The quantitative estimate of drug-likeness (QED) is 0.564. The molecule has 1 heterocycles. The van der Waals surface area contributed by atoms with Crippen LogP contribution in [0.2, 0.25) is 0 Å². The summed E-state index contributed by atoms with van der Waals surface area (Å²) in [5, 5.41) is 1.32. The average molecular weight is 475 g/mol. The molecule has 0 saturated carbocycles. The van der Waals surface area contributed by atoms with E-state index in [0.29, 0.717) is 37.2 Å². The fraction of sp³-hybridized carbons (Fsp3) is 0.393. The number of nitrogens with one attached hydrogen (secondary N) is 1. The highest BCUT2D eigenvalue weighted by Crippen LogP contribution is 2.32. The molecule has 0 radical (unpaired) electrons. The summed E-state index contributed by atoms with van der Waals surface area (Å²) < 4.78 is 0. The molecule has 1 aliphatic heterocycles. The first kappa shape index (κ1) is 24.7. The van der Waals surface area contributed by atoms with Crippen molar-refractivity contribution in [3.05, 3.63) is 77.9 Å². The topological polar surface area (TPSA) is 73.0 Å². The lowest BCUT2D eigenvalue weighted by Gasteiger charge is -2.38. The second-order valence-electron chi connectivity index (χ2n) is 9.10. The van der Waals surface area contributed by atoms with Crippen LogP contribution in [0.5, 0.6) is 0 Å². The monoisotopic (exact) mass is 474 g/mol. The summed E-state index contributed by atoms with van der Waals surface area (Å²) in [6.07, 6.45) is 5.06. The van der Waals surface area contributed by atoms with Gasteiger partial charge in [-0.15, -0.1) is 0 Å². The van der Waals surface area contributed by atoms with E-state index in [-0.39, 0.29) is 29.6 Å². The fourth-order valence-electron chi connectivity index (χ4n) is 4.80. The van der Waals surface area contributed by atoms with Crippen molar-refractivity contribution in [2.24, 2.45) is 11.8 Å². The first-order chi connectivity index (χ1) is 17.0. The van der Waals surface area contributed by atoms with E-state index in [1.54, 1.807) is 24.3 Å². The molecule has 0 spiro atoms. The van der Waals surface area contributed by atoms with E-state index >= 15 is 0 Å². The fourth-order valence-corrected chi connectivity index (χ4v) is 4.80. The van der Waals surface area contributed by atoms with Gasteiger partial charge in [-0.2, -0.15) is 0 Å². The van der Waals surface area contributed by atoms with Crippen LogP contribution in [0.1, 0.15) is 42.6 Å². The van der Waals surface area contributed by atoms with Crippen LogP contribution in [0.4, 0.5) is 5.69 Å². The largest absolute Gasteiger partial charge is 0.333 e. The van der Waals surface area contributed by atoms with Crippen molar-refractivity contribution >= 4 is 23.4 Å². The third kappa shape index (κ3) is 5.62. The first-order valence-electron chi connectivity index (χ1n) is 12.5. The lowest BCUT2D eigenvalue weighted by molar-refractivity contribution is -0.139. The van der Waals surface area contributed by atoms with Gasteiger partial charge in [-0.1, -0.05) is 62.4 Å². The number of hydrazine groups is 1. The predicted octanol–water partition coefficient (Wildman–Crippen LogP) is 3.63. The molecular formula is C28H34N4O3. The molecule has 3 amide bonds. The number of allylic oxidation sites excluding steroid dienone is 2. The number of benzene rings is 2. The highest BCUT2D eigenvalue weighted by molar-refractivity contribution is 6.05. The van der Waals surface area contributed by atoms with Gasteiger partial charge >= 0.3 is 0 Å². The van der Waals surface area contributed by atoms with Crippen LogP contribution in [-0.2, 0) is 16.1 Å². The molecule has 7 heteroatoms. The molecular weight excluding hydrogens is 440 g/mol. The maximum absolute atomic E-state index is 13.7. The molecule has 2 unspecified atom stereocenters. The molecule has 1 saturated heterocycles. The molecule has 2 aromatic carbocycles. The van der Waals surface area contributed by atoms with E-state index < -0.39 is 0 Å². The van der Waals surface area contributed by atoms with Gasteiger partial charge in [-0.25, -0.2) is 5.01 Å². The van der Waals surface area contributed by atoms with Crippen LogP contribution >= 0.6 is 0 Å². The number of rotatable bonds is 9. The maximum atomic E-state index is 13.7. The lowest BCUT2D eigenvalue weighted by atomic mass is 9.80. The van der Waals surface area contributed by atoms with E-state index in [1.807, 2.05) is 47.4 Å². The zero-order valence-corrected chi connectivity index (χ0v) is 20.5. The number of fused-ring (bicyclic) bond motifs is 1. The van der Waals surface area contributed by atoms with E-state index in [2.05, 4.69) is 24.2 Å². The van der Waals surface area contributed by atoms with Gasteiger partial charge in [0.05, 0.1) is 17.5 Å². The Balaban J connectivity index is 1.56. The molecule has 0 aromatic heterocycles. The molecule has 1 fully saturated rings. The molecule has 184 valence electrons. The summed E-state index contributed by atoms with van der Waals surface area (Å²) in [5.74, 6) is -1.07. The van der Waals surface area contributed by atoms with E-state index in [1.165, 1.54) is 5.01 Å². The number of amides is 3. The van der Waals surface area contributed by atoms with Gasteiger partial charge in [-0.05, 0) is 49.7 Å². The Hall–Kier alpha value is -3.45. The normalized spacial score (nSPS) is 19.5. The number of hydrogen-bond donors (Lipinski definition) is 1. The molecule has 4 rings (SSSR count). The average Bonchev–Trinajstić information content (AvgIpc) is 2.91. The highest BCUT2D eigenvalue weighted by Gasteiger charge is 2.42. The minimum Gasteiger partial charge on any atom is -0.333 e. The zero-order chi connectivity index (χ0) is 24.8. The Bertz CT molecular complexity index is 1080. The van der Waals surface area contributed by atoms with Crippen LogP contribution in [0, 0.1) is 11.8 Å². The molecule has 7 nitrogen and oxygen atoms in total. The van der Waals surface area contributed by atoms with E-state index in [4.69, 9.17) is 0 Å². The van der Waals surface area contributed by atoms with Gasteiger partial charge in [0.1, 0.15) is 0 Å². The SMILES string of the molecule is CCN(CC)CCN(Cc1ccccc1)C(=O)c1cccc(N2NC(=O)C3CC=CCC3C2=O)c1. The van der Waals surface area contributed by atoms with Crippen molar-refractivity contribution in [2.45, 2.75) is 33.2 Å². The van der Waals surface area contributed by atoms with Gasteiger partial charge in [-0.3, -0.25) is 19.8 Å². The van der Waals surface area contributed by atoms with Crippen LogP contribution in [0.15, 0.2) is 66.7 Å². The molecule has 1 N–H and O–H groups in total. The number of likely N-dealkylation sites (N-methyl/N-ethyl adjacent to an activating group) is 1. The number of hydrogen-bond acceptors (Lipinski definition) is 4. The molecule has 2 aliphatic rings. The summed E-state index contributed by atoms with van der Waals surface area (Å²) in [7, 11) is 0. The third-order valence-corrected chi connectivity index (χ3v) is 6.96. The van der Waals surface area contributed by atoms with Gasteiger partial charge in [0.2, 0.25) is 11.8 Å². The molecule has 0 bridgehead atoms. The van der Waals surface area contributed by atoms with Crippen molar-refractivity contribution in [3.63, 3.8) is 0 Å². The summed E-state index contributed by atoms with van der Waals surface area (Å²) >= 11 is 0. The first-order valence-corrected chi connectivity index (χ1v) is 12.5. The van der Waals surface area contributed by atoms with Gasteiger partial charge in [0, 0.05) is 25.2 Å². The molecule has 1 aliphatic carbocycles. The maximum Gasteiger partial charge on any atom is 0.254 e. The van der Waals surface area contributed by atoms with Gasteiger partial charge < -0.3 is 9.80 Å². The van der Waals surface area contributed by atoms with Gasteiger partial charge in [0.25, 0.3) is 5.91 Å². The van der Waals surface area contributed by atoms with Crippen molar-refractivity contribution in [1.29, 1.82) is 0 Å².